The number of benzene rings is 1. The molecule has 3 nitrogen and oxygen atoms in total. The Labute approximate surface area is 110 Å². The van der Waals surface area contributed by atoms with Crippen LogP contribution < -0.4 is 10.1 Å². The molecule has 0 aliphatic rings. The van der Waals surface area contributed by atoms with Gasteiger partial charge >= 0.3 is 6.18 Å². The molecule has 1 N–H and O–H groups in total. The third kappa shape index (κ3) is 5.94. The van der Waals surface area contributed by atoms with Crippen LogP contribution >= 0.6 is 0 Å². The maximum atomic E-state index is 12.0. The molecule has 1 aromatic rings. The first-order valence-electron chi connectivity index (χ1n) is 5.92. The number of halogens is 3. The van der Waals surface area contributed by atoms with E-state index in [0.717, 1.165) is 5.56 Å². The smallest absolute Gasteiger partial charge is 0.391 e. The number of hydrogen-bond acceptors (Lipinski definition) is 3. The molecule has 0 heterocycles. The van der Waals surface area contributed by atoms with Gasteiger partial charge in [0.1, 0.15) is 5.75 Å². The topological polar surface area (TPSA) is 30.5 Å². The molecule has 1 aromatic carbocycles. The molecule has 0 radical (unpaired) electrons. The molecule has 0 saturated heterocycles. The van der Waals surface area contributed by atoms with Gasteiger partial charge in [-0.15, -0.1) is 0 Å². The molecular weight excluding hydrogens is 259 g/mol. The van der Waals surface area contributed by atoms with Gasteiger partial charge in [-0.2, -0.15) is 13.2 Å². The van der Waals surface area contributed by atoms with Crippen LogP contribution in [0.1, 0.15) is 18.0 Å². The first kappa shape index (κ1) is 15.8. The predicted octanol–water partition coefficient (Wildman–Crippen LogP) is 2.92. The van der Waals surface area contributed by atoms with Gasteiger partial charge in [0.25, 0.3) is 0 Å². The highest BCUT2D eigenvalue weighted by Crippen LogP contribution is 2.21. The first-order chi connectivity index (χ1) is 8.96. The summed E-state index contributed by atoms with van der Waals surface area (Å²) in [5.74, 6) is 0.702. The van der Waals surface area contributed by atoms with Gasteiger partial charge < -0.3 is 14.8 Å². The lowest BCUT2D eigenvalue weighted by Gasteiger charge is -2.18. The van der Waals surface area contributed by atoms with E-state index < -0.39 is 12.6 Å². The SMILES string of the molecule is CNC(COCCC(F)(F)F)c1cccc(OC)c1. The highest BCUT2D eigenvalue weighted by molar-refractivity contribution is 5.30. The molecule has 6 heteroatoms. The molecule has 0 saturated carbocycles. The lowest BCUT2D eigenvalue weighted by molar-refractivity contribution is -0.145. The van der Waals surface area contributed by atoms with Crippen molar-refractivity contribution in [1.29, 1.82) is 0 Å². The molecule has 1 atom stereocenters. The van der Waals surface area contributed by atoms with Crippen molar-refractivity contribution in [2.24, 2.45) is 0 Å². The Morgan fingerprint density at radius 1 is 1.32 bits per heavy atom. The Bertz CT molecular complexity index is 382. The zero-order valence-corrected chi connectivity index (χ0v) is 11.0. The fourth-order valence-corrected chi connectivity index (χ4v) is 1.59. The van der Waals surface area contributed by atoms with Gasteiger partial charge in [-0.3, -0.25) is 0 Å². The molecule has 0 aromatic heterocycles. The summed E-state index contributed by atoms with van der Waals surface area (Å²) in [6, 6.07) is 7.17. The zero-order valence-electron chi connectivity index (χ0n) is 11.0. The third-order valence-corrected chi connectivity index (χ3v) is 2.66. The van der Waals surface area contributed by atoms with Crippen molar-refractivity contribution in [1.82, 2.24) is 5.32 Å². The van der Waals surface area contributed by atoms with E-state index in [1.165, 1.54) is 0 Å². The van der Waals surface area contributed by atoms with E-state index in [9.17, 15) is 13.2 Å². The summed E-state index contributed by atoms with van der Waals surface area (Å²) >= 11 is 0. The Hall–Kier alpha value is -1.27. The zero-order chi connectivity index (χ0) is 14.3. The van der Waals surface area contributed by atoms with E-state index in [0.29, 0.717) is 5.75 Å². The van der Waals surface area contributed by atoms with E-state index in [2.05, 4.69) is 5.32 Å². The average molecular weight is 277 g/mol. The van der Waals surface area contributed by atoms with Crippen LogP contribution in [0, 0.1) is 0 Å². The summed E-state index contributed by atoms with van der Waals surface area (Å²) < 4.78 is 46.1. The van der Waals surface area contributed by atoms with Crippen molar-refractivity contribution in [2.45, 2.75) is 18.6 Å². The molecular formula is C13H18F3NO2. The van der Waals surface area contributed by atoms with E-state index >= 15 is 0 Å². The van der Waals surface area contributed by atoms with Gasteiger partial charge in [0.2, 0.25) is 0 Å². The number of hydrogen-bond donors (Lipinski definition) is 1. The first-order valence-corrected chi connectivity index (χ1v) is 5.92. The van der Waals surface area contributed by atoms with Crippen LogP contribution in [-0.2, 0) is 4.74 Å². The fraction of sp³-hybridized carbons (Fsp3) is 0.538. The van der Waals surface area contributed by atoms with Gasteiger partial charge in [-0.05, 0) is 24.7 Å². The van der Waals surface area contributed by atoms with E-state index in [4.69, 9.17) is 9.47 Å². The molecule has 1 unspecified atom stereocenters. The molecule has 0 amide bonds. The second kappa shape index (κ2) is 7.35. The van der Waals surface area contributed by atoms with Crippen LogP contribution in [0.5, 0.6) is 5.75 Å². The molecule has 0 fully saturated rings. The third-order valence-electron chi connectivity index (χ3n) is 2.66. The number of methoxy groups -OCH3 is 1. The highest BCUT2D eigenvalue weighted by atomic mass is 19.4. The fourth-order valence-electron chi connectivity index (χ4n) is 1.59. The average Bonchev–Trinajstić information content (AvgIpc) is 2.37. The van der Waals surface area contributed by atoms with Gasteiger partial charge in [0.05, 0.1) is 32.8 Å². The second-order valence-corrected chi connectivity index (χ2v) is 4.06. The lowest BCUT2D eigenvalue weighted by atomic mass is 10.1. The molecule has 0 aliphatic heterocycles. The number of likely N-dealkylation sites (N-methyl/N-ethyl adjacent to an activating group) is 1. The summed E-state index contributed by atoms with van der Waals surface area (Å²) in [7, 11) is 3.30. The highest BCUT2D eigenvalue weighted by Gasteiger charge is 2.26. The van der Waals surface area contributed by atoms with Gasteiger partial charge in [-0.1, -0.05) is 12.1 Å². The number of rotatable bonds is 7. The van der Waals surface area contributed by atoms with E-state index in [1.807, 2.05) is 18.2 Å². The molecule has 19 heavy (non-hydrogen) atoms. The predicted molar refractivity (Wildman–Crippen MR) is 66.3 cm³/mol. The number of ether oxygens (including phenoxy) is 2. The number of nitrogens with one attached hydrogen (secondary N) is 1. The van der Waals surface area contributed by atoms with Crippen molar-refractivity contribution in [3.05, 3.63) is 29.8 Å². The summed E-state index contributed by atoms with van der Waals surface area (Å²) in [6.45, 7) is -0.147. The largest absolute Gasteiger partial charge is 0.497 e. The summed E-state index contributed by atoms with van der Waals surface area (Å²) in [5.41, 5.74) is 0.911. The minimum absolute atomic E-state index is 0.164. The Kier molecular flexibility index (Phi) is 6.11. The molecule has 0 aliphatic carbocycles. The molecule has 0 bridgehead atoms. The van der Waals surface area contributed by atoms with Crippen LogP contribution in [0.2, 0.25) is 0 Å². The normalized spacial score (nSPS) is 13.3. The lowest BCUT2D eigenvalue weighted by Crippen LogP contribution is -2.23. The van der Waals surface area contributed by atoms with Crippen LogP contribution in [0.15, 0.2) is 24.3 Å². The molecule has 0 spiro atoms. The van der Waals surface area contributed by atoms with Crippen LogP contribution in [-0.4, -0.2) is 33.5 Å². The Balaban J connectivity index is 2.48. The number of alkyl halides is 3. The van der Waals surface area contributed by atoms with Crippen molar-refractivity contribution in [2.75, 3.05) is 27.4 Å². The Morgan fingerprint density at radius 3 is 2.63 bits per heavy atom. The minimum Gasteiger partial charge on any atom is -0.497 e. The van der Waals surface area contributed by atoms with Crippen molar-refractivity contribution in [3.8, 4) is 5.75 Å². The van der Waals surface area contributed by atoms with Crippen molar-refractivity contribution < 1.29 is 22.6 Å². The van der Waals surface area contributed by atoms with Gasteiger partial charge in [-0.25, -0.2) is 0 Å². The standard InChI is InChI=1S/C13H18F3NO2/c1-17-12(9-19-7-6-13(14,15)16)10-4-3-5-11(8-10)18-2/h3-5,8,12,17H,6-7,9H2,1-2H3. The molecule has 1 rings (SSSR count). The summed E-state index contributed by atoms with van der Waals surface area (Å²) in [6.07, 6.45) is -5.10. The van der Waals surface area contributed by atoms with Crippen molar-refractivity contribution in [3.63, 3.8) is 0 Å². The van der Waals surface area contributed by atoms with E-state index in [-0.39, 0.29) is 19.3 Å². The minimum atomic E-state index is -4.18. The second-order valence-electron chi connectivity index (χ2n) is 4.06. The Morgan fingerprint density at radius 2 is 2.05 bits per heavy atom. The quantitative estimate of drug-likeness (QED) is 0.777. The summed E-state index contributed by atoms with van der Waals surface area (Å²) in [5, 5.41) is 3.01. The van der Waals surface area contributed by atoms with Crippen LogP contribution in [0.3, 0.4) is 0 Å². The van der Waals surface area contributed by atoms with Gasteiger partial charge in [0, 0.05) is 0 Å². The molecule has 108 valence electrons. The van der Waals surface area contributed by atoms with E-state index in [1.54, 1.807) is 20.2 Å². The summed E-state index contributed by atoms with van der Waals surface area (Å²) in [4.78, 5) is 0. The van der Waals surface area contributed by atoms with Crippen molar-refractivity contribution >= 4 is 0 Å². The van der Waals surface area contributed by atoms with Crippen LogP contribution in [0.4, 0.5) is 13.2 Å². The maximum absolute atomic E-state index is 12.0. The monoisotopic (exact) mass is 277 g/mol. The van der Waals surface area contributed by atoms with Crippen LogP contribution in [0.25, 0.3) is 0 Å². The van der Waals surface area contributed by atoms with Gasteiger partial charge in [0.15, 0.2) is 0 Å². The maximum Gasteiger partial charge on any atom is 0.391 e.